The fourth-order valence-electron chi connectivity index (χ4n) is 4.08. The SMILES string of the molecule is CC(C)(c1ccc(OC[C@@H](CCl)OC(=O)CCC(=O)O)cc1)c1ccc(OC[C@@H](COC(=O)CCC(=O)O)OC(=O)CCC(=O)O)cc1. The third kappa shape index (κ3) is 14.7. The van der Waals surface area contributed by atoms with Crippen LogP contribution in [-0.2, 0) is 48.4 Å². The van der Waals surface area contributed by atoms with Crippen LogP contribution in [0.15, 0.2) is 48.5 Å². The summed E-state index contributed by atoms with van der Waals surface area (Å²) in [7, 11) is 0. The highest BCUT2D eigenvalue weighted by molar-refractivity contribution is 6.18. The Labute approximate surface area is 281 Å². The lowest BCUT2D eigenvalue weighted by Crippen LogP contribution is -2.31. The van der Waals surface area contributed by atoms with E-state index in [1.165, 1.54) is 0 Å². The highest BCUT2D eigenvalue weighted by Gasteiger charge is 2.24. The zero-order valence-corrected chi connectivity index (χ0v) is 27.3. The number of carbonyl (C=O) groups excluding carboxylic acids is 3. The van der Waals surface area contributed by atoms with E-state index in [1.807, 2.05) is 38.1 Å². The van der Waals surface area contributed by atoms with Crippen molar-refractivity contribution >= 4 is 47.4 Å². The topological polar surface area (TPSA) is 209 Å². The van der Waals surface area contributed by atoms with Crippen LogP contribution in [0.25, 0.3) is 0 Å². The van der Waals surface area contributed by atoms with E-state index in [9.17, 15) is 28.8 Å². The van der Waals surface area contributed by atoms with Crippen LogP contribution >= 0.6 is 11.6 Å². The molecule has 0 bridgehead atoms. The fraction of sp³-hybridized carbons (Fsp3) is 0.455. The maximum absolute atomic E-state index is 12.1. The van der Waals surface area contributed by atoms with Crippen molar-refractivity contribution in [3.05, 3.63) is 59.7 Å². The first kappa shape index (κ1) is 39.3. The van der Waals surface area contributed by atoms with Crippen molar-refractivity contribution in [2.24, 2.45) is 0 Å². The zero-order chi connectivity index (χ0) is 35.7. The minimum atomic E-state index is -1.18. The lowest BCUT2D eigenvalue weighted by Gasteiger charge is -2.27. The smallest absolute Gasteiger partial charge is 0.306 e. The maximum Gasteiger partial charge on any atom is 0.306 e. The van der Waals surface area contributed by atoms with Crippen molar-refractivity contribution in [2.45, 2.75) is 70.0 Å². The van der Waals surface area contributed by atoms with Gasteiger partial charge < -0.3 is 39.0 Å². The van der Waals surface area contributed by atoms with Crippen molar-refractivity contribution in [3.8, 4) is 11.5 Å². The number of carboxylic acids is 3. The Morgan fingerprint density at radius 3 is 1.35 bits per heavy atom. The molecule has 0 saturated heterocycles. The summed E-state index contributed by atoms with van der Waals surface area (Å²) in [5.41, 5.74) is 1.43. The van der Waals surface area contributed by atoms with Gasteiger partial charge in [-0.2, -0.15) is 0 Å². The Balaban J connectivity index is 1.99. The number of halogens is 1. The van der Waals surface area contributed by atoms with Gasteiger partial charge in [-0.05, 0) is 35.4 Å². The highest BCUT2D eigenvalue weighted by atomic mass is 35.5. The van der Waals surface area contributed by atoms with Crippen LogP contribution in [0, 0.1) is 0 Å². The minimum absolute atomic E-state index is 0.0118. The van der Waals surface area contributed by atoms with Crippen molar-refractivity contribution < 1.29 is 67.8 Å². The van der Waals surface area contributed by atoms with Gasteiger partial charge >= 0.3 is 35.8 Å². The summed E-state index contributed by atoms with van der Waals surface area (Å²) in [5.74, 6) is -4.85. The number of benzene rings is 2. The van der Waals surface area contributed by atoms with Gasteiger partial charge in [-0.15, -0.1) is 11.6 Å². The van der Waals surface area contributed by atoms with Gasteiger partial charge in [0.15, 0.2) is 6.10 Å². The molecule has 0 aromatic heterocycles. The number of aliphatic carboxylic acids is 3. The van der Waals surface area contributed by atoms with Gasteiger partial charge in [0, 0.05) is 5.41 Å². The number of carboxylic acid groups (broad SMARTS) is 3. The third-order valence-corrected chi connectivity index (χ3v) is 7.20. The van der Waals surface area contributed by atoms with E-state index < -0.39 is 79.3 Å². The van der Waals surface area contributed by atoms with E-state index >= 15 is 0 Å². The predicted molar refractivity (Wildman–Crippen MR) is 168 cm³/mol. The summed E-state index contributed by atoms with van der Waals surface area (Å²) in [6.07, 6.45) is -4.05. The number of hydrogen-bond donors (Lipinski definition) is 3. The summed E-state index contributed by atoms with van der Waals surface area (Å²) in [6.45, 7) is 3.39. The molecule has 14 nitrogen and oxygen atoms in total. The van der Waals surface area contributed by atoms with Crippen molar-refractivity contribution in [3.63, 3.8) is 0 Å². The van der Waals surface area contributed by atoms with Crippen LogP contribution in [0.5, 0.6) is 11.5 Å². The minimum Gasteiger partial charge on any atom is -0.490 e. The molecular weight excluding hydrogens is 656 g/mol. The first-order valence-corrected chi connectivity index (χ1v) is 15.5. The summed E-state index contributed by atoms with van der Waals surface area (Å²) >= 11 is 5.87. The van der Waals surface area contributed by atoms with Crippen LogP contribution in [0.1, 0.15) is 63.5 Å². The number of ether oxygens (including phenoxy) is 5. The molecule has 0 amide bonds. The number of esters is 3. The summed E-state index contributed by atoms with van der Waals surface area (Å²) in [6, 6.07) is 14.4. The quantitative estimate of drug-likeness (QED) is 0.0905. The Kier molecular flexibility index (Phi) is 16.2. The Hall–Kier alpha value is -4.85. The van der Waals surface area contributed by atoms with Gasteiger partial charge in [0.1, 0.15) is 37.4 Å². The first-order valence-electron chi connectivity index (χ1n) is 14.9. The Morgan fingerprint density at radius 1 is 0.583 bits per heavy atom. The van der Waals surface area contributed by atoms with Gasteiger partial charge in [-0.3, -0.25) is 28.8 Å². The largest absolute Gasteiger partial charge is 0.490 e. The standard InChI is InChI=1S/C33H39ClO14/c1-33(2,21-3-7-23(8-4-21)44-18-25(17-34)47-31(42)15-12-28(37)38)22-5-9-24(10-6-22)45-19-26(48-32(43)16-13-29(39)40)20-46-30(41)14-11-27(35)36/h3-10,25-26H,11-20H2,1-2H3,(H,35,36)(H,37,38)(H,39,40)/t25-,26+/m1/s1. The number of rotatable bonds is 22. The molecule has 0 heterocycles. The second-order valence-electron chi connectivity index (χ2n) is 11.0. The average Bonchev–Trinajstić information content (AvgIpc) is 3.05. The normalized spacial score (nSPS) is 12.2. The van der Waals surface area contributed by atoms with E-state index in [-0.39, 0.29) is 38.4 Å². The molecule has 0 aliphatic carbocycles. The highest BCUT2D eigenvalue weighted by Crippen LogP contribution is 2.33. The van der Waals surface area contributed by atoms with Crippen LogP contribution in [-0.4, -0.2) is 89.0 Å². The van der Waals surface area contributed by atoms with Crippen molar-refractivity contribution in [1.29, 1.82) is 0 Å². The van der Waals surface area contributed by atoms with Crippen LogP contribution in [0.3, 0.4) is 0 Å². The van der Waals surface area contributed by atoms with E-state index in [1.54, 1.807) is 24.3 Å². The van der Waals surface area contributed by atoms with Crippen LogP contribution in [0.2, 0.25) is 0 Å². The van der Waals surface area contributed by atoms with Gasteiger partial charge in [-0.1, -0.05) is 38.1 Å². The summed E-state index contributed by atoms with van der Waals surface area (Å²) in [4.78, 5) is 67.8. The number of alkyl halides is 1. The molecule has 2 aromatic carbocycles. The molecule has 0 saturated carbocycles. The molecule has 0 fully saturated rings. The molecule has 15 heteroatoms. The Bertz CT molecular complexity index is 1390. The molecular formula is C33H39ClO14. The molecule has 2 rings (SSSR count). The van der Waals surface area contributed by atoms with E-state index in [4.69, 9.17) is 50.6 Å². The Morgan fingerprint density at radius 2 is 0.958 bits per heavy atom. The molecule has 262 valence electrons. The van der Waals surface area contributed by atoms with Crippen molar-refractivity contribution in [1.82, 2.24) is 0 Å². The van der Waals surface area contributed by atoms with Crippen molar-refractivity contribution in [2.75, 3.05) is 25.7 Å². The van der Waals surface area contributed by atoms with E-state index in [0.717, 1.165) is 11.1 Å². The molecule has 0 spiro atoms. The summed E-state index contributed by atoms with van der Waals surface area (Å²) < 4.78 is 26.9. The first-order chi connectivity index (χ1) is 22.7. The van der Waals surface area contributed by atoms with Gasteiger partial charge in [-0.25, -0.2) is 0 Å². The van der Waals surface area contributed by atoms with Gasteiger partial charge in [0.25, 0.3) is 0 Å². The molecule has 2 aromatic rings. The van der Waals surface area contributed by atoms with E-state index in [2.05, 4.69) is 0 Å². The third-order valence-electron chi connectivity index (χ3n) is 6.85. The molecule has 2 atom stereocenters. The molecule has 0 aliphatic heterocycles. The fourth-order valence-corrected chi connectivity index (χ4v) is 4.23. The summed E-state index contributed by atoms with van der Waals surface area (Å²) in [5, 5.41) is 26.2. The molecule has 0 unspecified atom stereocenters. The lowest BCUT2D eigenvalue weighted by atomic mass is 9.78. The second kappa shape index (κ2) is 19.7. The molecule has 3 N–H and O–H groups in total. The average molecular weight is 695 g/mol. The number of carbonyl (C=O) groups is 6. The monoisotopic (exact) mass is 694 g/mol. The van der Waals surface area contributed by atoms with Crippen LogP contribution in [0.4, 0.5) is 0 Å². The van der Waals surface area contributed by atoms with E-state index in [0.29, 0.717) is 11.5 Å². The predicted octanol–water partition coefficient (Wildman–Crippen LogP) is 3.97. The molecule has 48 heavy (non-hydrogen) atoms. The van der Waals surface area contributed by atoms with Crippen LogP contribution < -0.4 is 9.47 Å². The number of hydrogen-bond acceptors (Lipinski definition) is 11. The maximum atomic E-state index is 12.1. The van der Waals surface area contributed by atoms with Gasteiger partial charge in [0.2, 0.25) is 0 Å². The second-order valence-corrected chi connectivity index (χ2v) is 11.3. The molecule has 0 aliphatic rings. The molecule has 0 radical (unpaired) electrons. The lowest BCUT2D eigenvalue weighted by molar-refractivity contribution is -0.162. The van der Waals surface area contributed by atoms with Gasteiger partial charge in [0.05, 0.1) is 44.4 Å². The zero-order valence-electron chi connectivity index (χ0n) is 26.6.